The zero-order valence-corrected chi connectivity index (χ0v) is 16.0. The Labute approximate surface area is 136 Å². The van der Waals surface area contributed by atoms with Gasteiger partial charge in [-0.05, 0) is 34.6 Å². The summed E-state index contributed by atoms with van der Waals surface area (Å²) in [4.78, 5) is 0. The van der Waals surface area contributed by atoms with Crippen LogP contribution >= 0.6 is 15.2 Å². The minimum Gasteiger partial charge on any atom is -0.308 e. The van der Waals surface area contributed by atoms with Gasteiger partial charge in [-0.2, -0.15) is 0 Å². The van der Waals surface area contributed by atoms with Gasteiger partial charge in [-0.15, -0.1) is 5.10 Å². The molecule has 0 bridgehead atoms. The highest BCUT2D eigenvalue weighted by Gasteiger charge is 2.35. The Balaban J connectivity index is 3.11. The predicted octanol–water partition coefficient (Wildman–Crippen LogP) is 2.70. The monoisotopic (exact) mass is 369 g/mol. The van der Waals surface area contributed by atoms with Crippen molar-refractivity contribution in [1.82, 2.24) is 15.0 Å². The molecule has 1 heterocycles. The molecule has 0 spiro atoms. The molecule has 1 rings (SSSR count). The smallest absolute Gasteiger partial charge is 0.308 e. The van der Waals surface area contributed by atoms with Crippen molar-refractivity contribution in [3.8, 4) is 0 Å². The molecule has 0 N–H and O–H groups in total. The molecule has 11 heteroatoms. The lowest BCUT2D eigenvalue weighted by Gasteiger charge is -2.18. The van der Waals surface area contributed by atoms with Crippen molar-refractivity contribution in [2.75, 3.05) is 26.4 Å². The summed E-state index contributed by atoms with van der Waals surface area (Å²) in [5.74, 6) is 0. The lowest BCUT2D eigenvalue weighted by molar-refractivity contribution is 0.212. The van der Waals surface area contributed by atoms with Crippen molar-refractivity contribution < 1.29 is 27.2 Å². The van der Waals surface area contributed by atoms with Gasteiger partial charge >= 0.3 is 15.2 Å². The van der Waals surface area contributed by atoms with Gasteiger partial charge in [0.2, 0.25) is 0 Å². The molecule has 0 radical (unpaired) electrons. The van der Waals surface area contributed by atoms with Crippen LogP contribution in [0.3, 0.4) is 0 Å². The molecule has 0 unspecified atom stereocenters. The van der Waals surface area contributed by atoms with Crippen LogP contribution in [0.1, 0.15) is 33.4 Å². The Morgan fingerprint density at radius 2 is 1.39 bits per heavy atom. The number of hydrogen-bond acceptors (Lipinski definition) is 8. The molecule has 9 nitrogen and oxygen atoms in total. The van der Waals surface area contributed by atoms with E-state index < -0.39 is 15.2 Å². The Morgan fingerprint density at radius 1 is 0.913 bits per heavy atom. The summed E-state index contributed by atoms with van der Waals surface area (Å²) < 4.78 is 47.7. The zero-order chi connectivity index (χ0) is 17.5. The fraction of sp³-hybridized carbons (Fsp3) is 0.833. The summed E-state index contributed by atoms with van der Waals surface area (Å²) in [5.41, 5.74) is 0.551. The van der Waals surface area contributed by atoms with Crippen molar-refractivity contribution in [2.45, 2.75) is 40.9 Å². The molecular weight excluding hydrogens is 344 g/mol. The van der Waals surface area contributed by atoms with Gasteiger partial charge in [0, 0.05) is 0 Å². The third-order valence-corrected chi connectivity index (χ3v) is 6.82. The van der Waals surface area contributed by atoms with Gasteiger partial charge in [0.15, 0.2) is 5.44 Å². The van der Waals surface area contributed by atoms with Gasteiger partial charge in [-0.3, -0.25) is 9.13 Å². The van der Waals surface area contributed by atoms with Crippen molar-refractivity contribution >= 4 is 20.6 Å². The lowest BCUT2D eigenvalue weighted by Crippen LogP contribution is -2.16. The van der Waals surface area contributed by atoms with Crippen molar-refractivity contribution in [3.05, 3.63) is 5.69 Å². The van der Waals surface area contributed by atoms with Crippen LogP contribution in [0.2, 0.25) is 0 Å². The molecular formula is C12H25N3O6P2. The average Bonchev–Trinajstić information content (AvgIpc) is 2.81. The van der Waals surface area contributed by atoms with Crippen LogP contribution in [0.25, 0.3) is 0 Å². The predicted molar refractivity (Wildman–Crippen MR) is 86.1 cm³/mol. The standard InChI is InChI=1S/C12H25N3O6P2/c1-6-18-22(16,19-7-2)10-15-11(5)12(13-14-15)23(17,20-8-3)21-9-4/h6-10H2,1-5H3. The molecule has 23 heavy (non-hydrogen) atoms. The number of rotatable bonds is 11. The Morgan fingerprint density at radius 3 is 1.83 bits per heavy atom. The van der Waals surface area contributed by atoms with E-state index in [0.29, 0.717) is 5.69 Å². The van der Waals surface area contributed by atoms with E-state index in [4.69, 9.17) is 18.1 Å². The summed E-state index contributed by atoms with van der Waals surface area (Å²) in [6.07, 6.45) is -0.119. The highest BCUT2D eigenvalue weighted by molar-refractivity contribution is 7.62. The normalized spacial score (nSPS) is 12.7. The molecule has 0 aromatic carbocycles. The van der Waals surface area contributed by atoms with E-state index in [1.165, 1.54) is 4.68 Å². The Hall–Kier alpha value is -0.560. The van der Waals surface area contributed by atoms with Crippen LogP contribution < -0.4 is 5.44 Å². The Bertz CT molecular complexity index is 571. The first kappa shape index (κ1) is 20.5. The molecule has 1 aromatic rings. The molecule has 0 aliphatic rings. The van der Waals surface area contributed by atoms with E-state index >= 15 is 0 Å². The van der Waals surface area contributed by atoms with Gasteiger partial charge in [-0.25, -0.2) is 4.68 Å². The molecule has 0 saturated carbocycles. The van der Waals surface area contributed by atoms with Crippen molar-refractivity contribution in [2.24, 2.45) is 0 Å². The maximum atomic E-state index is 12.8. The van der Waals surface area contributed by atoms with Crippen LogP contribution in [-0.2, 0) is 33.5 Å². The topological polar surface area (TPSA) is 102 Å². The summed E-state index contributed by atoms with van der Waals surface area (Å²) in [6, 6.07) is 0. The van der Waals surface area contributed by atoms with Gasteiger partial charge < -0.3 is 18.1 Å². The van der Waals surface area contributed by atoms with Gasteiger partial charge in [0.25, 0.3) is 0 Å². The van der Waals surface area contributed by atoms with Crippen LogP contribution in [0.15, 0.2) is 0 Å². The fourth-order valence-electron chi connectivity index (χ4n) is 1.91. The lowest BCUT2D eigenvalue weighted by atomic mass is 10.5. The number of aromatic nitrogens is 3. The van der Waals surface area contributed by atoms with E-state index in [1.807, 2.05) is 0 Å². The van der Waals surface area contributed by atoms with E-state index in [9.17, 15) is 9.13 Å². The average molecular weight is 369 g/mol. The summed E-state index contributed by atoms with van der Waals surface area (Å²) >= 11 is 0. The van der Waals surface area contributed by atoms with Gasteiger partial charge in [0.1, 0.15) is 6.29 Å². The molecule has 0 aliphatic heterocycles. The summed E-state index contributed by atoms with van der Waals surface area (Å²) in [6.45, 7) is 9.44. The highest BCUT2D eigenvalue weighted by atomic mass is 31.2. The first-order valence-electron chi connectivity index (χ1n) is 7.53. The second kappa shape index (κ2) is 9.06. The number of hydrogen-bond donors (Lipinski definition) is 0. The molecule has 0 aliphatic carbocycles. The largest absolute Gasteiger partial charge is 0.383 e. The second-order valence-corrected chi connectivity index (χ2v) is 8.37. The molecule has 0 amide bonds. The van der Waals surface area contributed by atoms with Gasteiger partial charge in [-0.1, -0.05) is 5.21 Å². The molecule has 0 atom stereocenters. The third kappa shape index (κ3) is 5.21. The van der Waals surface area contributed by atoms with E-state index in [0.717, 1.165) is 0 Å². The minimum absolute atomic E-state index is 0.112. The first-order chi connectivity index (χ1) is 10.9. The van der Waals surface area contributed by atoms with Gasteiger partial charge in [0.05, 0.1) is 32.1 Å². The maximum absolute atomic E-state index is 12.8. The molecule has 1 aromatic heterocycles. The third-order valence-electron chi connectivity index (χ3n) is 2.77. The quantitative estimate of drug-likeness (QED) is 0.549. The van der Waals surface area contributed by atoms with Crippen LogP contribution in [-0.4, -0.2) is 41.4 Å². The summed E-state index contributed by atoms with van der Waals surface area (Å²) in [7, 11) is -6.90. The van der Waals surface area contributed by atoms with Crippen LogP contribution in [0.4, 0.5) is 0 Å². The van der Waals surface area contributed by atoms with Crippen LogP contribution in [0.5, 0.6) is 0 Å². The second-order valence-electron chi connectivity index (χ2n) is 4.42. The van der Waals surface area contributed by atoms with Crippen molar-refractivity contribution in [1.29, 1.82) is 0 Å². The van der Waals surface area contributed by atoms with E-state index in [-0.39, 0.29) is 38.1 Å². The fourth-order valence-corrected chi connectivity index (χ4v) is 5.20. The maximum Gasteiger partial charge on any atom is 0.383 e. The molecule has 134 valence electrons. The molecule has 0 fully saturated rings. The SMILES string of the molecule is CCOP(=O)(Cn1nnc(P(=O)(OCC)OCC)c1C)OCC. The Kier molecular flexibility index (Phi) is 8.07. The van der Waals surface area contributed by atoms with Crippen LogP contribution in [0, 0.1) is 6.92 Å². The highest BCUT2D eigenvalue weighted by Crippen LogP contribution is 2.51. The minimum atomic E-state index is -3.55. The zero-order valence-electron chi connectivity index (χ0n) is 14.2. The first-order valence-corrected chi connectivity index (χ1v) is 10.8. The number of nitrogens with zero attached hydrogens (tertiary/aromatic N) is 3. The molecule has 0 saturated heterocycles. The summed E-state index contributed by atoms with van der Waals surface area (Å²) in [5, 5.41) is 7.80. The van der Waals surface area contributed by atoms with E-state index in [2.05, 4.69) is 10.3 Å². The van der Waals surface area contributed by atoms with Crippen molar-refractivity contribution in [3.63, 3.8) is 0 Å². The van der Waals surface area contributed by atoms with E-state index in [1.54, 1.807) is 34.6 Å².